The number of rotatable bonds is 0. The quantitative estimate of drug-likeness (QED) is 0.708. The largest absolute Gasteiger partial charge is 0.507 e. The summed E-state index contributed by atoms with van der Waals surface area (Å²) in [6, 6.07) is 1.77. The lowest BCUT2D eigenvalue weighted by atomic mass is 10.2. The van der Waals surface area contributed by atoms with Gasteiger partial charge in [-0.1, -0.05) is 0 Å². The van der Waals surface area contributed by atoms with E-state index < -0.39 is 23.3 Å². The first-order valence-corrected chi connectivity index (χ1v) is 3.87. The normalized spacial score (nSPS) is 11.8. The maximum Gasteiger partial charge on any atom is 0.422 e. The van der Waals surface area contributed by atoms with Gasteiger partial charge in [-0.25, -0.2) is 4.39 Å². The lowest BCUT2D eigenvalue weighted by molar-refractivity contribution is -0.141. The van der Waals surface area contributed by atoms with Gasteiger partial charge in [-0.3, -0.25) is 0 Å². The highest BCUT2D eigenvalue weighted by atomic mass is 79.9. The van der Waals surface area contributed by atoms with Crippen LogP contribution in [-0.4, -0.2) is 5.11 Å². The van der Waals surface area contributed by atoms with E-state index in [9.17, 15) is 17.6 Å². The van der Waals surface area contributed by atoms with Crippen LogP contribution in [0.1, 0.15) is 5.56 Å². The third-order valence-corrected chi connectivity index (χ3v) is 1.97. The second kappa shape index (κ2) is 3.17. The number of alkyl halides is 3. The Balaban J connectivity index is 3.43. The predicted molar refractivity (Wildman–Crippen MR) is 40.8 cm³/mol. The zero-order valence-electron chi connectivity index (χ0n) is 5.99. The minimum absolute atomic E-state index is 0.336. The van der Waals surface area contributed by atoms with Crippen LogP contribution in [0.3, 0.4) is 0 Å². The van der Waals surface area contributed by atoms with Crippen LogP contribution >= 0.6 is 15.9 Å². The summed E-state index contributed by atoms with van der Waals surface area (Å²) in [7, 11) is 0. The molecule has 0 heterocycles. The highest BCUT2D eigenvalue weighted by Crippen LogP contribution is 2.39. The van der Waals surface area contributed by atoms with Gasteiger partial charge in [0.05, 0.1) is 4.47 Å². The Morgan fingerprint density at radius 1 is 1.23 bits per heavy atom. The van der Waals surface area contributed by atoms with Gasteiger partial charge in [0.2, 0.25) is 0 Å². The van der Waals surface area contributed by atoms with Crippen molar-refractivity contribution in [2.24, 2.45) is 0 Å². The van der Waals surface area contributed by atoms with Crippen LogP contribution in [0.2, 0.25) is 0 Å². The van der Waals surface area contributed by atoms with E-state index >= 15 is 0 Å². The summed E-state index contributed by atoms with van der Waals surface area (Å²) in [5, 5.41) is 8.77. The number of hydrogen-bond donors (Lipinski definition) is 1. The summed E-state index contributed by atoms with van der Waals surface area (Å²) in [6.07, 6.45) is -4.89. The van der Waals surface area contributed by atoms with Crippen LogP contribution in [0, 0.1) is 5.82 Å². The second-order valence-electron chi connectivity index (χ2n) is 2.25. The van der Waals surface area contributed by atoms with Crippen LogP contribution < -0.4 is 0 Å². The molecule has 0 saturated heterocycles. The molecule has 0 unspecified atom stereocenters. The van der Waals surface area contributed by atoms with Crippen molar-refractivity contribution in [3.8, 4) is 5.75 Å². The van der Waals surface area contributed by atoms with Crippen molar-refractivity contribution in [1.82, 2.24) is 0 Å². The maximum absolute atomic E-state index is 12.8. The molecule has 1 nitrogen and oxygen atoms in total. The molecule has 0 fully saturated rings. The van der Waals surface area contributed by atoms with Crippen molar-refractivity contribution < 1.29 is 22.7 Å². The Morgan fingerprint density at radius 3 is 2.15 bits per heavy atom. The summed E-state index contributed by atoms with van der Waals surface area (Å²) in [5.41, 5.74) is -1.65. The molecular formula is C7H3BrF4O. The summed E-state index contributed by atoms with van der Waals surface area (Å²) < 4.78 is 48.7. The first-order chi connectivity index (χ1) is 5.84. The molecule has 1 rings (SSSR count). The number of hydrogen-bond acceptors (Lipinski definition) is 1. The average molecular weight is 259 g/mol. The number of aromatic hydroxyl groups is 1. The van der Waals surface area contributed by atoms with Gasteiger partial charge >= 0.3 is 6.18 Å². The Kier molecular flexibility index (Phi) is 2.51. The summed E-state index contributed by atoms with van der Waals surface area (Å²) in [6.45, 7) is 0. The smallest absolute Gasteiger partial charge is 0.422 e. The lowest BCUT2D eigenvalue weighted by Crippen LogP contribution is -2.08. The molecule has 1 aromatic rings. The van der Waals surface area contributed by atoms with E-state index in [-0.39, 0.29) is 4.47 Å². The molecule has 1 N–H and O–H groups in total. The molecule has 0 aliphatic heterocycles. The van der Waals surface area contributed by atoms with E-state index in [1.165, 1.54) is 0 Å². The summed E-state index contributed by atoms with van der Waals surface area (Å²) in [4.78, 5) is 0. The molecule has 72 valence electrons. The molecule has 0 aromatic heterocycles. The third-order valence-electron chi connectivity index (χ3n) is 1.36. The van der Waals surface area contributed by atoms with Gasteiger partial charge in [0.25, 0.3) is 0 Å². The van der Waals surface area contributed by atoms with Crippen LogP contribution in [0.4, 0.5) is 17.6 Å². The maximum atomic E-state index is 12.8. The Labute approximate surface area is 79.1 Å². The van der Waals surface area contributed by atoms with Crippen molar-refractivity contribution in [2.75, 3.05) is 0 Å². The zero-order valence-corrected chi connectivity index (χ0v) is 7.58. The molecule has 0 saturated carbocycles. The predicted octanol–water partition coefficient (Wildman–Crippen LogP) is 3.31. The van der Waals surface area contributed by atoms with Crippen LogP contribution in [-0.2, 0) is 6.18 Å². The second-order valence-corrected chi connectivity index (χ2v) is 3.11. The van der Waals surface area contributed by atoms with E-state index in [2.05, 4.69) is 15.9 Å². The first kappa shape index (κ1) is 10.3. The third kappa shape index (κ3) is 1.93. The van der Waals surface area contributed by atoms with Gasteiger partial charge in [0, 0.05) is 0 Å². The number of phenolic OH excluding ortho intramolecular Hbond substituents is 1. The van der Waals surface area contributed by atoms with E-state index in [1.54, 1.807) is 0 Å². The zero-order chi connectivity index (χ0) is 10.2. The lowest BCUT2D eigenvalue weighted by Gasteiger charge is -2.10. The van der Waals surface area contributed by atoms with Crippen molar-refractivity contribution >= 4 is 15.9 Å². The van der Waals surface area contributed by atoms with Crippen molar-refractivity contribution in [3.63, 3.8) is 0 Å². The molecule has 0 radical (unpaired) electrons. The van der Waals surface area contributed by atoms with E-state index in [0.29, 0.717) is 0 Å². The molecule has 1 aromatic carbocycles. The first-order valence-electron chi connectivity index (χ1n) is 3.08. The fraction of sp³-hybridized carbons (Fsp3) is 0.143. The van der Waals surface area contributed by atoms with Gasteiger partial charge in [0.15, 0.2) is 5.82 Å². The Bertz CT molecular complexity index is 334. The molecule has 6 heteroatoms. The number of halogens is 5. The molecule has 13 heavy (non-hydrogen) atoms. The van der Waals surface area contributed by atoms with Crippen LogP contribution in [0.5, 0.6) is 5.75 Å². The average Bonchev–Trinajstić information content (AvgIpc) is 1.95. The molecule has 0 aliphatic rings. The van der Waals surface area contributed by atoms with Gasteiger partial charge < -0.3 is 5.11 Å². The van der Waals surface area contributed by atoms with E-state index in [4.69, 9.17) is 5.11 Å². The molecule has 0 spiro atoms. The standard InChI is InChI=1S/C7H3BrF4O/c8-3-1-2-4(13)5(6(3)9)7(10,11)12/h1-2,13H. The van der Waals surface area contributed by atoms with Crippen LogP contribution in [0.15, 0.2) is 16.6 Å². The SMILES string of the molecule is Oc1ccc(Br)c(F)c1C(F)(F)F. The molecule has 0 aliphatic carbocycles. The van der Waals surface area contributed by atoms with E-state index in [1.807, 2.05) is 0 Å². The molecule has 0 atom stereocenters. The molecule has 0 bridgehead atoms. The van der Waals surface area contributed by atoms with Gasteiger partial charge in [-0.05, 0) is 28.1 Å². The van der Waals surface area contributed by atoms with Gasteiger partial charge in [-0.2, -0.15) is 13.2 Å². The van der Waals surface area contributed by atoms with Crippen molar-refractivity contribution in [1.29, 1.82) is 0 Å². The summed E-state index contributed by atoms with van der Waals surface area (Å²) in [5.74, 6) is -2.62. The number of benzene rings is 1. The Morgan fingerprint density at radius 2 is 1.77 bits per heavy atom. The van der Waals surface area contributed by atoms with E-state index in [0.717, 1.165) is 12.1 Å². The fourth-order valence-electron chi connectivity index (χ4n) is 0.810. The topological polar surface area (TPSA) is 20.2 Å². The Hall–Kier alpha value is -0.780. The summed E-state index contributed by atoms with van der Waals surface area (Å²) >= 11 is 2.59. The van der Waals surface area contributed by atoms with Crippen molar-refractivity contribution in [3.05, 3.63) is 28.0 Å². The van der Waals surface area contributed by atoms with Crippen LogP contribution in [0.25, 0.3) is 0 Å². The number of phenols is 1. The molecule has 0 amide bonds. The minimum atomic E-state index is -4.89. The fourth-order valence-corrected chi connectivity index (χ4v) is 1.14. The molecular weight excluding hydrogens is 256 g/mol. The van der Waals surface area contributed by atoms with Crippen molar-refractivity contribution in [2.45, 2.75) is 6.18 Å². The highest BCUT2D eigenvalue weighted by molar-refractivity contribution is 9.10. The minimum Gasteiger partial charge on any atom is -0.507 e. The van der Waals surface area contributed by atoms with Gasteiger partial charge in [0.1, 0.15) is 11.3 Å². The monoisotopic (exact) mass is 258 g/mol. The van der Waals surface area contributed by atoms with Gasteiger partial charge in [-0.15, -0.1) is 0 Å². The highest BCUT2D eigenvalue weighted by Gasteiger charge is 2.38.